The van der Waals surface area contributed by atoms with Crippen molar-refractivity contribution in [1.82, 2.24) is 14.9 Å². The smallest absolute Gasteiger partial charge is 0.435 e. The number of nitrogens with one attached hydrogen (secondary N) is 1. The summed E-state index contributed by atoms with van der Waals surface area (Å²) in [5.74, 6) is -0.168. The van der Waals surface area contributed by atoms with E-state index in [-0.39, 0.29) is 49.7 Å². The van der Waals surface area contributed by atoms with Crippen LogP contribution in [0.1, 0.15) is 52.9 Å². The molecule has 3 aromatic carbocycles. The minimum atomic E-state index is -0.871. The predicted octanol–water partition coefficient (Wildman–Crippen LogP) is 5.54. The average Bonchev–Trinajstić information content (AvgIpc) is 3.51. The molecule has 2 heterocycles. The van der Waals surface area contributed by atoms with Crippen LogP contribution in [-0.2, 0) is 34.0 Å². The van der Waals surface area contributed by atoms with Gasteiger partial charge in [-0.1, -0.05) is 97.1 Å². The molecule has 0 radical (unpaired) electrons. The average molecular weight is 675 g/mol. The lowest BCUT2D eigenvalue weighted by Crippen LogP contribution is -2.40. The number of aliphatic imine (C=N–C) groups is 1. The number of hydrogen-bond acceptors (Lipinski definition) is 7. The SMILES string of the molecule is C=CC[C@@H]1C[C@@H](C(=O)NCc2ccc(C(N)=NC(=O)OCc3ccccc3)cc2)n2c1ncc(N(CC=C)C(=O)OCc1ccccc1)c2=O. The second-order valence-corrected chi connectivity index (χ2v) is 11.5. The summed E-state index contributed by atoms with van der Waals surface area (Å²) in [7, 11) is 0. The van der Waals surface area contributed by atoms with Gasteiger partial charge in [-0.25, -0.2) is 14.6 Å². The summed E-state index contributed by atoms with van der Waals surface area (Å²) in [6.07, 6.45) is 3.84. The molecule has 1 aliphatic heterocycles. The topological polar surface area (TPSA) is 158 Å². The quantitative estimate of drug-likeness (QED) is 0.106. The number of carbonyl (C=O) groups is 3. The standard InChI is InChI=1S/C38H38N6O6/c1-3-11-30-21-31(44-34(30)40-23-32(36(44)46)43(20-4-2)38(48)50-25-28-14-9-6-10-15-28)35(45)41-22-26-16-18-29(19-17-26)33(39)42-37(47)49-24-27-12-7-5-8-13-27/h3-10,12-19,23,30-31H,1-2,11,20-22,24-25H2,(H,41,45)(H2,39,42,47)/t30-,31+/m1/s1. The summed E-state index contributed by atoms with van der Waals surface area (Å²) in [6.45, 7) is 7.79. The van der Waals surface area contributed by atoms with Gasteiger partial charge in [0.2, 0.25) is 5.91 Å². The minimum Gasteiger partial charge on any atom is -0.444 e. The number of fused-ring (bicyclic) bond motifs is 1. The number of nitrogens with zero attached hydrogens (tertiary/aromatic N) is 4. The highest BCUT2D eigenvalue weighted by atomic mass is 16.6. The molecule has 0 saturated carbocycles. The fourth-order valence-electron chi connectivity index (χ4n) is 5.58. The largest absolute Gasteiger partial charge is 0.444 e. The molecule has 0 bridgehead atoms. The zero-order chi connectivity index (χ0) is 35.5. The molecule has 12 heteroatoms. The Morgan fingerprint density at radius 1 is 0.920 bits per heavy atom. The number of carbonyl (C=O) groups excluding carboxylic acids is 3. The first kappa shape index (κ1) is 35.0. The van der Waals surface area contributed by atoms with Gasteiger partial charge < -0.3 is 20.5 Å². The molecule has 1 aromatic heterocycles. The number of benzene rings is 3. The van der Waals surface area contributed by atoms with E-state index in [1.165, 1.54) is 16.8 Å². The molecule has 3 N–H and O–H groups in total. The van der Waals surface area contributed by atoms with Crippen LogP contribution in [0.5, 0.6) is 0 Å². The zero-order valence-corrected chi connectivity index (χ0v) is 27.4. The maximum atomic E-state index is 14.0. The van der Waals surface area contributed by atoms with Gasteiger partial charge in [-0.15, -0.1) is 13.2 Å². The third kappa shape index (κ3) is 8.58. The fourth-order valence-corrected chi connectivity index (χ4v) is 5.58. The molecule has 0 fully saturated rings. The van der Waals surface area contributed by atoms with Crippen molar-refractivity contribution in [2.75, 3.05) is 11.4 Å². The van der Waals surface area contributed by atoms with Crippen molar-refractivity contribution in [2.24, 2.45) is 10.7 Å². The van der Waals surface area contributed by atoms with Gasteiger partial charge in [0, 0.05) is 24.6 Å². The normalized spacial score (nSPS) is 15.0. The summed E-state index contributed by atoms with van der Waals surface area (Å²) < 4.78 is 12.0. The third-order valence-corrected chi connectivity index (χ3v) is 8.10. The van der Waals surface area contributed by atoms with Crippen LogP contribution in [0.3, 0.4) is 0 Å². The first-order chi connectivity index (χ1) is 24.3. The molecule has 0 aliphatic carbocycles. The Morgan fingerprint density at radius 2 is 1.56 bits per heavy atom. The Bertz CT molecular complexity index is 1930. The van der Waals surface area contributed by atoms with Gasteiger partial charge in [0.05, 0.1) is 6.20 Å². The lowest BCUT2D eigenvalue weighted by molar-refractivity contribution is -0.124. The van der Waals surface area contributed by atoms with E-state index in [1.54, 1.807) is 30.3 Å². The molecule has 3 amide bonds. The van der Waals surface area contributed by atoms with Gasteiger partial charge in [-0.2, -0.15) is 4.99 Å². The predicted molar refractivity (Wildman–Crippen MR) is 190 cm³/mol. The zero-order valence-electron chi connectivity index (χ0n) is 27.4. The first-order valence-electron chi connectivity index (χ1n) is 16.0. The van der Waals surface area contributed by atoms with Gasteiger partial charge in [0.15, 0.2) is 0 Å². The van der Waals surface area contributed by atoms with Crippen LogP contribution in [0.25, 0.3) is 0 Å². The lowest BCUT2D eigenvalue weighted by atomic mass is 10.00. The van der Waals surface area contributed by atoms with Crippen molar-refractivity contribution in [3.05, 3.63) is 155 Å². The summed E-state index contributed by atoms with van der Waals surface area (Å²) in [5.41, 5.74) is 8.33. The lowest BCUT2D eigenvalue weighted by Gasteiger charge is -2.22. The summed E-state index contributed by atoms with van der Waals surface area (Å²) in [5, 5.41) is 2.91. The van der Waals surface area contributed by atoms with Gasteiger partial charge in [0.1, 0.15) is 36.6 Å². The van der Waals surface area contributed by atoms with Gasteiger partial charge in [-0.05, 0) is 29.5 Å². The van der Waals surface area contributed by atoms with Crippen molar-refractivity contribution >= 4 is 29.6 Å². The Labute approximate surface area is 289 Å². The molecule has 0 spiro atoms. The second kappa shape index (κ2) is 16.7. The number of aromatic nitrogens is 2. The summed E-state index contributed by atoms with van der Waals surface area (Å²) in [4.78, 5) is 62.4. The molecule has 0 unspecified atom stereocenters. The Hall–Kier alpha value is -6.30. The van der Waals surface area contributed by atoms with Crippen LogP contribution in [-0.4, -0.2) is 40.0 Å². The van der Waals surface area contributed by atoms with E-state index < -0.39 is 23.8 Å². The number of hydrogen-bond donors (Lipinski definition) is 2. The number of anilines is 1. The number of rotatable bonds is 13. The Balaban J connectivity index is 1.26. The van der Waals surface area contributed by atoms with Crippen LogP contribution in [0, 0.1) is 0 Å². The van der Waals surface area contributed by atoms with E-state index in [1.807, 2.05) is 60.7 Å². The molecular formula is C38H38N6O6. The van der Waals surface area contributed by atoms with E-state index >= 15 is 0 Å². The molecule has 0 saturated heterocycles. The molecule has 50 heavy (non-hydrogen) atoms. The van der Waals surface area contributed by atoms with Crippen LogP contribution < -0.4 is 21.5 Å². The van der Waals surface area contributed by atoms with E-state index in [0.717, 1.165) is 21.6 Å². The molecule has 5 rings (SSSR count). The highest BCUT2D eigenvalue weighted by molar-refractivity contribution is 6.02. The maximum absolute atomic E-state index is 14.0. The summed E-state index contributed by atoms with van der Waals surface area (Å²) in [6, 6.07) is 24.4. The highest BCUT2D eigenvalue weighted by Gasteiger charge is 2.38. The molecule has 4 aromatic rings. The van der Waals surface area contributed by atoms with Gasteiger partial charge >= 0.3 is 12.2 Å². The highest BCUT2D eigenvalue weighted by Crippen LogP contribution is 2.36. The van der Waals surface area contributed by atoms with Gasteiger partial charge in [0.25, 0.3) is 5.56 Å². The van der Waals surface area contributed by atoms with Crippen LogP contribution in [0.4, 0.5) is 15.3 Å². The first-order valence-corrected chi connectivity index (χ1v) is 16.0. The van der Waals surface area contributed by atoms with E-state index in [9.17, 15) is 19.2 Å². The van der Waals surface area contributed by atoms with E-state index in [4.69, 9.17) is 15.2 Å². The molecule has 1 aliphatic rings. The molecular weight excluding hydrogens is 636 g/mol. The van der Waals surface area contributed by atoms with Crippen molar-refractivity contribution in [2.45, 2.75) is 44.6 Å². The minimum absolute atomic E-state index is 0.00305. The van der Waals surface area contributed by atoms with E-state index in [0.29, 0.717) is 24.2 Å². The molecule has 12 nitrogen and oxygen atoms in total. The van der Waals surface area contributed by atoms with Crippen molar-refractivity contribution < 1.29 is 23.9 Å². The van der Waals surface area contributed by atoms with E-state index in [2.05, 4.69) is 28.5 Å². The van der Waals surface area contributed by atoms with Crippen molar-refractivity contribution in [1.29, 1.82) is 0 Å². The van der Waals surface area contributed by atoms with Crippen molar-refractivity contribution in [3.8, 4) is 0 Å². The van der Waals surface area contributed by atoms with Crippen molar-refractivity contribution in [3.63, 3.8) is 0 Å². The number of amides is 3. The maximum Gasteiger partial charge on any atom is 0.435 e. The van der Waals surface area contributed by atoms with Crippen LogP contribution in [0.2, 0.25) is 0 Å². The number of allylic oxidation sites excluding steroid dienone is 1. The van der Waals surface area contributed by atoms with Gasteiger partial charge in [-0.3, -0.25) is 19.1 Å². The second-order valence-electron chi connectivity index (χ2n) is 11.5. The van der Waals surface area contributed by atoms with Crippen LogP contribution >= 0.6 is 0 Å². The number of amidine groups is 1. The Morgan fingerprint density at radius 3 is 2.18 bits per heavy atom. The fraction of sp³-hybridized carbons (Fsp3) is 0.211. The molecule has 2 atom stereocenters. The number of nitrogens with two attached hydrogens (primary N) is 1. The molecule has 256 valence electrons. The third-order valence-electron chi connectivity index (χ3n) is 8.10. The monoisotopic (exact) mass is 674 g/mol. The Kier molecular flexibility index (Phi) is 11.7. The van der Waals surface area contributed by atoms with Crippen LogP contribution in [0.15, 0.2) is 126 Å². The summed E-state index contributed by atoms with van der Waals surface area (Å²) >= 11 is 0. The number of ether oxygens (including phenoxy) is 2.